The van der Waals surface area contributed by atoms with Gasteiger partial charge in [-0.2, -0.15) is 0 Å². The zero-order valence-electron chi connectivity index (χ0n) is 18.6. The van der Waals surface area contributed by atoms with E-state index in [0.29, 0.717) is 23.4 Å². The van der Waals surface area contributed by atoms with Crippen LogP contribution in [0.4, 0.5) is 11.4 Å². The zero-order valence-corrected chi connectivity index (χ0v) is 19.4. The quantitative estimate of drug-likeness (QED) is 0.499. The van der Waals surface area contributed by atoms with Gasteiger partial charge in [-0.1, -0.05) is 36.4 Å². The molecule has 2 N–H and O–H groups in total. The Morgan fingerprint density at radius 1 is 0.906 bits per heavy atom. The van der Waals surface area contributed by atoms with Crippen LogP contribution in [-0.4, -0.2) is 27.4 Å². The van der Waals surface area contributed by atoms with Crippen molar-refractivity contribution in [2.45, 2.75) is 32.2 Å². The van der Waals surface area contributed by atoms with E-state index >= 15 is 0 Å². The van der Waals surface area contributed by atoms with Crippen LogP contribution in [0.25, 0.3) is 0 Å². The molecule has 7 heteroatoms. The molecule has 0 aromatic heterocycles. The van der Waals surface area contributed by atoms with Crippen molar-refractivity contribution in [1.29, 1.82) is 0 Å². The van der Waals surface area contributed by atoms with Crippen LogP contribution in [0.5, 0.6) is 0 Å². The Labute approximate surface area is 190 Å². The van der Waals surface area contributed by atoms with Gasteiger partial charge in [0.15, 0.2) is 0 Å². The number of para-hydroxylation sites is 1. The summed E-state index contributed by atoms with van der Waals surface area (Å²) in [5, 5.41) is 2.87. The fourth-order valence-corrected chi connectivity index (χ4v) is 4.78. The van der Waals surface area contributed by atoms with E-state index < -0.39 is 10.0 Å². The smallest absolute Gasteiger partial charge is 0.262 e. The summed E-state index contributed by atoms with van der Waals surface area (Å²) in [5.74, 6) is -0.325. The highest BCUT2D eigenvalue weighted by molar-refractivity contribution is 7.92. The minimum Gasteiger partial charge on any atom is -0.372 e. The van der Waals surface area contributed by atoms with Gasteiger partial charge in [-0.25, -0.2) is 8.42 Å². The van der Waals surface area contributed by atoms with Gasteiger partial charge in [0.2, 0.25) is 0 Å². The molecule has 32 heavy (non-hydrogen) atoms. The Bertz CT molecular complexity index is 1160. The van der Waals surface area contributed by atoms with E-state index in [4.69, 9.17) is 0 Å². The minimum absolute atomic E-state index is 0.0811. The summed E-state index contributed by atoms with van der Waals surface area (Å²) in [7, 11) is -3.82. The summed E-state index contributed by atoms with van der Waals surface area (Å²) in [6, 6.07) is 21.4. The number of aryl methyl sites for hydroxylation is 1. The van der Waals surface area contributed by atoms with Gasteiger partial charge in [-0.05, 0) is 68.3 Å². The fourth-order valence-electron chi connectivity index (χ4n) is 3.44. The number of rotatable bonds is 9. The number of carbonyl (C=O) groups excluding carboxylic acids is 1. The molecule has 0 fully saturated rings. The maximum absolute atomic E-state index is 12.9. The lowest BCUT2D eigenvalue weighted by molar-refractivity contribution is 0.0950. The molecule has 0 saturated heterocycles. The number of hydrogen-bond donors (Lipinski definition) is 2. The van der Waals surface area contributed by atoms with Gasteiger partial charge in [0, 0.05) is 36.6 Å². The van der Waals surface area contributed by atoms with E-state index in [1.807, 2.05) is 30.3 Å². The first-order valence-electron chi connectivity index (χ1n) is 10.6. The van der Waals surface area contributed by atoms with Crippen molar-refractivity contribution in [2.24, 2.45) is 0 Å². The second kappa shape index (κ2) is 10.3. The predicted molar refractivity (Wildman–Crippen MR) is 130 cm³/mol. The number of sulfonamides is 1. The molecule has 0 aliphatic carbocycles. The molecule has 1 amide bonds. The molecule has 3 aromatic rings. The molecule has 3 aromatic carbocycles. The number of nitrogens with zero attached hydrogens (tertiary/aromatic N) is 1. The third-order valence-corrected chi connectivity index (χ3v) is 6.81. The SMILES string of the molecule is CCN(CC)c1ccc(CNC(=O)c2ccc(C)c(S(=O)(=O)Nc3ccccc3)c2)cc1. The second-order valence-electron chi connectivity index (χ2n) is 7.47. The first-order valence-corrected chi connectivity index (χ1v) is 12.1. The summed E-state index contributed by atoms with van der Waals surface area (Å²) >= 11 is 0. The topological polar surface area (TPSA) is 78.5 Å². The molecule has 3 rings (SSSR count). The number of benzene rings is 3. The fraction of sp³-hybridized carbons (Fsp3) is 0.240. The maximum atomic E-state index is 12.9. The van der Waals surface area contributed by atoms with Gasteiger partial charge in [0.05, 0.1) is 4.90 Å². The number of anilines is 2. The number of amides is 1. The van der Waals surface area contributed by atoms with Crippen LogP contribution in [0.15, 0.2) is 77.7 Å². The van der Waals surface area contributed by atoms with E-state index in [0.717, 1.165) is 24.3 Å². The number of nitrogens with one attached hydrogen (secondary N) is 2. The lowest BCUT2D eigenvalue weighted by atomic mass is 10.1. The molecule has 0 aliphatic heterocycles. The highest BCUT2D eigenvalue weighted by Crippen LogP contribution is 2.21. The van der Waals surface area contributed by atoms with E-state index in [1.54, 1.807) is 43.3 Å². The van der Waals surface area contributed by atoms with Gasteiger partial charge >= 0.3 is 0 Å². The molecule has 0 saturated carbocycles. The third-order valence-electron chi connectivity index (χ3n) is 5.28. The average Bonchev–Trinajstić information content (AvgIpc) is 2.79. The normalized spacial score (nSPS) is 11.1. The van der Waals surface area contributed by atoms with Crippen LogP contribution in [0.2, 0.25) is 0 Å². The summed E-state index contributed by atoms with van der Waals surface area (Å²) < 4.78 is 28.3. The molecular formula is C25H29N3O3S. The van der Waals surface area contributed by atoms with E-state index in [9.17, 15) is 13.2 Å². The molecule has 0 atom stereocenters. The number of carbonyl (C=O) groups is 1. The van der Waals surface area contributed by atoms with Crippen molar-refractivity contribution in [2.75, 3.05) is 22.7 Å². The lowest BCUT2D eigenvalue weighted by Gasteiger charge is -2.21. The van der Waals surface area contributed by atoms with Crippen LogP contribution >= 0.6 is 0 Å². The van der Waals surface area contributed by atoms with Crippen LogP contribution < -0.4 is 14.9 Å². The van der Waals surface area contributed by atoms with E-state index in [2.05, 4.69) is 28.8 Å². The van der Waals surface area contributed by atoms with Gasteiger partial charge < -0.3 is 10.2 Å². The Morgan fingerprint density at radius 3 is 2.19 bits per heavy atom. The van der Waals surface area contributed by atoms with Crippen molar-refractivity contribution in [3.8, 4) is 0 Å². The monoisotopic (exact) mass is 451 g/mol. The number of hydrogen-bond acceptors (Lipinski definition) is 4. The summed E-state index contributed by atoms with van der Waals surface area (Å²) in [6.07, 6.45) is 0. The van der Waals surface area contributed by atoms with Crippen molar-refractivity contribution >= 4 is 27.3 Å². The standard InChI is InChI=1S/C25H29N3O3S/c1-4-28(5-2)23-15-12-20(13-16-23)18-26-25(29)21-14-11-19(3)24(17-21)32(30,31)27-22-9-7-6-8-10-22/h6-17,27H,4-5,18H2,1-3H3,(H,26,29). The molecular weight excluding hydrogens is 422 g/mol. The van der Waals surface area contributed by atoms with Gasteiger partial charge in [0.1, 0.15) is 0 Å². The molecule has 0 spiro atoms. The first kappa shape index (κ1) is 23.3. The third kappa shape index (κ3) is 5.68. The Morgan fingerprint density at radius 2 is 1.56 bits per heavy atom. The summed E-state index contributed by atoms with van der Waals surface area (Å²) in [5.41, 5.74) is 3.44. The van der Waals surface area contributed by atoms with Crippen molar-refractivity contribution < 1.29 is 13.2 Å². The molecule has 6 nitrogen and oxygen atoms in total. The van der Waals surface area contributed by atoms with Crippen LogP contribution in [0, 0.1) is 6.92 Å². The van der Waals surface area contributed by atoms with Crippen LogP contribution in [-0.2, 0) is 16.6 Å². The van der Waals surface area contributed by atoms with Gasteiger partial charge in [-0.15, -0.1) is 0 Å². The highest BCUT2D eigenvalue weighted by Gasteiger charge is 2.19. The largest absolute Gasteiger partial charge is 0.372 e. The molecule has 0 aliphatic rings. The Balaban J connectivity index is 1.71. The Hall–Kier alpha value is -3.32. The predicted octanol–water partition coefficient (Wildman–Crippen LogP) is 4.57. The molecule has 0 bridgehead atoms. The average molecular weight is 452 g/mol. The maximum Gasteiger partial charge on any atom is 0.262 e. The van der Waals surface area contributed by atoms with Crippen molar-refractivity contribution in [3.63, 3.8) is 0 Å². The summed E-state index contributed by atoms with van der Waals surface area (Å²) in [6.45, 7) is 8.16. The van der Waals surface area contributed by atoms with Crippen LogP contribution in [0.3, 0.4) is 0 Å². The summed E-state index contributed by atoms with van der Waals surface area (Å²) in [4.78, 5) is 15.0. The molecule has 0 radical (unpaired) electrons. The Kier molecular flexibility index (Phi) is 7.53. The highest BCUT2D eigenvalue weighted by atomic mass is 32.2. The first-order chi connectivity index (χ1) is 15.3. The second-order valence-corrected chi connectivity index (χ2v) is 9.12. The van der Waals surface area contributed by atoms with Crippen molar-refractivity contribution in [3.05, 3.63) is 89.5 Å². The van der Waals surface area contributed by atoms with Crippen LogP contribution in [0.1, 0.15) is 35.3 Å². The zero-order chi connectivity index (χ0) is 23.1. The van der Waals surface area contributed by atoms with E-state index in [1.165, 1.54) is 6.07 Å². The molecule has 0 heterocycles. The van der Waals surface area contributed by atoms with Gasteiger partial charge in [-0.3, -0.25) is 9.52 Å². The molecule has 0 unspecified atom stereocenters. The van der Waals surface area contributed by atoms with Gasteiger partial charge in [0.25, 0.3) is 15.9 Å². The molecule has 168 valence electrons. The van der Waals surface area contributed by atoms with E-state index in [-0.39, 0.29) is 10.8 Å². The minimum atomic E-state index is -3.82. The lowest BCUT2D eigenvalue weighted by Crippen LogP contribution is -2.24. The van der Waals surface area contributed by atoms with Crippen molar-refractivity contribution in [1.82, 2.24) is 5.32 Å².